The molecule has 1 aliphatic heterocycles. The Balaban J connectivity index is 1.93. The second-order valence-corrected chi connectivity index (χ2v) is 7.02. The molecular formula is C18H29N4O3+. The number of nitro groups is 1. The molecule has 0 saturated carbocycles. The van der Waals surface area contributed by atoms with Crippen LogP contribution in [0.5, 0.6) is 0 Å². The summed E-state index contributed by atoms with van der Waals surface area (Å²) in [6.45, 7) is 5.14. The summed E-state index contributed by atoms with van der Waals surface area (Å²) in [7, 11) is 3.64. The molecule has 0 radical (unpaired) electrons. The Bertz CT molecular complexity index is 618. The number of hydrogen-bond acceptors (Lipinski definition) is 4. The molecule has 138 valence electrons. The van der Waals surface area contributed by atoms with Gasteiger partial charge < -0.3 is 15.1 Å². The minimum atomic E-state index is -0.475. The molecule has 1 saturated heterocycles. The Morgan fingerprint density at radius 1 is 1.40 bits per heavy atom. The molecule has 1 aliphatic rings. The summed E-state index contributed by atoms with van der Waals surface area (Å²) in [5.41, 5.74) is 0.957. The lowest BCUT2D eigenvalue weighted by Crippen LogP contribution is -3.16. The van der Waals surface area contributed by atoms with Gasteiger partial charge in [-0.25, -0.2) is 0 Å². The summed E-state index contributed by atoms with van der Waals surface area (Å²) in [6.07, 6.45) is 4.80. The SMILES string of the molecule is C[C@H]1CCCC[NH+]1CCCNC(=O)c1cc([N+](=O)[O-])ccc1N(C)C. The van der Waals surface area contributed by atoms with Crippen LogP contribution in [-0.2, 0) is 0 Å². The standard InChI is InChI=1S/C18H28N4O3/c1-14-7-4-5-11-21(14)12-6-10-19-18(23)16-13-15(22(24)25)8-9-17(16)20(2)3/h8-9,13-14H,4-7,10-12H2,1-3H3,(H,19,23)/p+1/t14-/m0/s1. The number of carbonyl (C=O) groups is 1. The maximum atomic E-state index is 12.5. The van der Waals surface area contributed by atoms with Crippen molar-refractivity contribution in [1.29, 1.82) is 0 Å². The Hall–Kier alpha value is -2.15. The van der Waals surface area contributed by atoms with Crippen LogP contribution in [0, 0.1) is 10.1 Å². The summed E-state index contributed by atoms with van der Waals surface area (Å²) in [5, 5.41) is 13.9. The smallest absolute Gasteiger partial charge is 0.270 e. The Labute approximate surface area is 149 Å². The molecule has 7 heteroatoms. The molecular weight excluding hydrogens is 320 g/mol. The number of amides is 1. The monoisotopic (exact) mass is 349 g/mol. The molecule has 2 N–H and O–H groups in total. The van der Waals surface area contributed by atoms with Crippen molar-refractivity contribution >= 4 is 17.3 Å². The first kappa shape index (κ1) is 19.2. The van der Waals surface area contributed by atoms with Gasteiger partial charge in [0.25, 0.3) is 11.6 Å². The van der Waals surface area contributed by atoms with E-state index in [4.69, 9.17) is 0 Å². The topological polar surface area (TPSA) is 79.9 Å². The molecule has 1 heterocycles. The molecule has 0 spiro atoms. The lowest BCUT2D eigenvalue weighted by Gasteiger charge is -2.30. The van der Waals surface area contributed by atoms with E-state index in [1.165, 1.54) is 37.9 Å². The van der Waals surface area contributed by atoms with Crippen LogP contribution in [0.25, 0.3) is 0 Å². The first-order valence-electron chi connectivity index (χ1n) is 8.98. The number of rotatable bonds is 7. The van der Waals surface area contributed by atoms with Crippen LogP contribution in [0.3, 0.4) is 0 Å². The Morgan fingerprint density at radius 3 is 2.80 bits per heavy atom. The van der Waals surface area contributed by atoms with Gasteiger partial charge in [0, 0.05) is 44.9 Å². The fraction of sp³-hybridized carbons (Fsp3) is 0.611. The van der Waals surface area contributed by atoms with E-state index in [9.17, 15) is 14.9 Å². The number of quaternary nitrogens is 1. The van der Waals surface area contributed by atoms with Crippen LogP contribution in [0.15, 0.2) is 18.2 Å². The zero-order valence-corrected chi connectivity index (χ0v) is 15.4. The fourth-order valence-electron chi connectivity index (χ4n) is 3.45. The van der Waals surface area contributed by atoms with Crippen molar-refractivity contribution < 1.29 is 14.6 Å². The number of non-ortho nitro benzene ring substituents is 1. The van der Waals surface area contributed by atoms with Gasteiger partial charge in [0.1, 0.15) is 0 Å². The number of carbonyl (C=O) groups excluding carboxylic acids is 1. The summed E-state index contributed by atoms with van der Waals surface area (Å²) in [4.78, 5) is 26.4. The zero-order chi connectivity index (χ0) is 18.4. The summed E-state index contributed by atoms with van der Waals surface area (Å²) in [6, 6.07) is 5.09. The van der Waals surface area contributed by atoms with Gasteiger partial charge in [-0.15, -0.1) is 0 Å². The molecule has 0 bridgehead atoms. The van der Waals surface area contributed by atoms with Gasteiger partial charge in [0.2, 0.25) is 0 Å². The third kappa shape index (κ3) is 5.16. The quantitative estimate of drug-likeness (QED) is 0.441. The van der Waals surface area contributed by atoms with Gasteiger partial charge in [-0.1, -0.05) is 0 Å². The molecule has 1 unspecified atom stereocenters. The van der Waals surface area contributed by atoms with Crippen LogP contribution >= 0.6 is 0 Å². The van der Waals surface area contributed by atoms with Gasteiger partial charge >= 0.3 is 0 Å². The normalized spacial score (nSPS) is 20.1. The molecule has 1 amide bonds. The molecule has 2 rings (SSSR count). The second kappa shape index (κ2) is 8.80. The molecule has 2 atom stereocenters. The number of nitro benzene ring substituents is 1. The highest BCUT2D eigenvalue weighted by Gasteiger charge is 2.21. The van der Waals surface area contributed by atoms with E-state index >= 15 is 0 Å². The first-order chi connectivity index (χ1) is 11.9. The highest BCUT2D eigenvalue weighted by Crippen LogP contribution is 2.24. The highest BCUT2D eigenvalue weighted by atomic mass is 16.6. The lowest BCUT2D eigenvalue weighted by atomic mass is 10.0. The molecule has 0 aromatic heterocycles. The number of hydrogen-bond donors (Lipinski definition) is 2. The summed E-state index contributed by atoms with van der Waals surface area (Å²) in [5.74, 6) is -0.255. The van der Waals surface area contributed by atoms with Crippen molar-refractivity contribution in [2.45, 2.75) is 38.6 Å². The fourth-order valence-corrected chi connectivity index (χ4v) is 3.45. The van der Waals surface area contributed by atoms with Gasteiger partial charge in [-0.2, -0.15) is 0 Å². The molecule has 1 aromatic carbocycles. The van der Waals surface area contributed by atoms with Crippen molar-refractivity contribution in [1.82, 2.24) is 5.32 Å². The average Bonchev–Trinajstić information content (AvgIpc) is 2.59. The predicted molar refractivity (Wildman–Crippen MR) is 98.4 cm³/mol. The number of benzene rings is 1. The molecule has 1 aromatic rings. The maximum absolute atomic E-state index is 12.5. The van der Waals surface area contributed by atoms with Crippen molar-refractivity contribution in [3.05, 3.63) is 33.9 Å². The van der Waals surface area contributed by atoms with Crippen molar-refractivity contribution in [3.8, 4) is 0 Å². The largest absolute Gasteiger partial charge is 0.377 e. The van der Waals surface area contributed by atoms with Crippen LogP contribution in [-0.4, -0.2) is 50.6 Å². The third-order valence-electron chi connectivity index (χ3n) is 4.96. The summed E-state index contributed by atoms with van der Waals surface area (Å²) < 4.78 is 0. The van der Waals surface area contributed by atoms with Crippen molar-refractivity contribution in [2.75, 3.05) is 38.6 Å². The van der Waals surface area contributed by atoms with Gasteiger partial charge in [-0.05, 0) is 32.3 Å². The van der Waals surface area contributed by atoms with Gasteiger partial charge in [0.05, 0.1) is 29.6 Å². The molecule has 25 heavy (non-hydrogen) atoms. The minimum absolute atomic E-state index is 0.0673. The zero-order valence-electron chi connectivity index (χ0n) is 15.4. The Morgan fingerprint density at radius 2 is 2.16 bits per heavy atom. The molecule has 0 aliphatic carbocycles. The van der Waals surface area contributed by atoms with Gasteiger partial charge in [-0.3, -0.25) is 14.9 Å². The average molecular weight is 349 g/mol. The van der Waals surface area contributed by atoms with E-state index in [0.29, 0.717) is 23.8 Å². The van der Waals surface area contributed by atoms with Crippen LogP contribution < -0.4 is 15.1 Å². The number of likely N-dealkylation sites (tertiary alicyclic amines) is 1. The van der Waals surface area contributed by atoms with E-state index < -0.39 is 4.92 Å². The summed E-state index contributed by atoms with van der Waals surface area (Å²) >= 11 is 0. The van der Waals surface area contributed by atoms with E-state index in [2.05, 4.69) is 12.2 Å². The first-order valence-corrected chi connectivity index (χ1v) is 8.98. The van der Waals surface area contributed by atoms with Crippen molar-refractivity contribution in [2.24, 2.45) is 0 Å². The number of piperidine rings is 1. The van der Waals surface area contributed by atoms with E-state index in [1.54, 1.807) is 15.9 Å². The van der Waals surface area contributed by atoms with Gasteiger partial charge in [0.15, 0.2) is 0 Å². The Kier molecular flexibility index (Phi) is 6.75. The van der Waals surface area contributed by atoms with Crippen LogP contribution in [0.4, 0.5) is 11.4 Å². The van der Waals surface area contributed by atoms with E-state index in [0.717, 1.165) is 13.0 Å². The van der Waals surface area contributed by atoms with Crippen molar-refractivity contribution in [3.63, 3.8) is 0 Å². The number of nitrogens with zero attached hydrogens (tertiary/aromatic N) is 2. The van der Waals surface area contributed by atoms with E-state index in [1.807, 2.05) is 14.1 Å². The highest BCUT2D eigenvalue weighted by molar-refractivity contribution is 6.00. The minimum Gasteiger partial charge on any atom is -0.377 e. The van der Waals surface area contributed by atoms with E-state index in [-0.39, 0.29) is 11.6 Å². The number of nitrogens with one attached hydrogen (secondary N) is 2. The molecule has 7 nitrogen and oxygen atoms in total. The predicted octanol–water partition coefficient (Wildman–Crippen LogP) is 1.24. The second-order valence-electron chi connectivity index (χ2n) is 7.02. The molecule has 1 fully saturated rings. The number of anilines is 1. The third-order valence-corrected chi connectivity index (χ3v) is 4.96. The van der Waals surface area contributed by atoms with Crippen LogP contribution in [0.1, 0.15) is 43.0 Å². The lowest BCUT2D eigenvalue weighted by molar-refractivity contribution is -0.928. The van der Waals surface area contributed by atoms with Crippen LogP contribution in [0.2, 0.25) is 0 Å². The maximum Gasteiger partial charge on any atom is 0.270 e.